The monoisotopic (exact) mass is 334 g/mol. The molecule has 0 amide bonds. The number of hydrogen-bond donors (Lipinski definition) is 0. The van der Waals surface area contributed by atoms with Crippen LogP contribution in [0.5, 0.6) is 0 Å². The van der Waals surface area contributed by atoms with Gasteiger partial charge in [-0.15, -0.1) is 5.10 Å². The van der Waals surface area contributed by atoms with Crippen LogP contribution in [0.1, 0.15) is 50.4 Å². The average molecular weight is 334 g/mol. The van der Waals surface area contributed by atoms with Crippen LogP contribution in [0.25, 0.3) is 0 Å². The quantitative estimate of drug-likeness (QED) is 0.657. The van der Waals surface area contributed by atoms with Gasteiger partial charge in [-0.25, -0.2) is 4.68 Å². The minimum atomic E-state index is -0.146. The fourth-order valence-electron chi connectivity index (χ4n) is 1.84. The fourth-order valence-corrected chi connectivity index (χ4v) is 2.66. The van der Waals surface area contributed by atoms with Gasteiger partial charge in [0.15, 0.2) is 5.82 Å². The van der Waals surface area contributed by atoms with Crippen LogP contribution in [0, 0.1) is 0 Å². The van der Waals surface area contributed by atoms with Gasteiger partial charge >= 0.3 is 0 Å². The molecule has 1 unspecified atom stereocenters. The van der Waals surface area contributed by atoms with Crippen molar-refractivity contribution in [2.45, 2.75) is 50.1 Å². The van der Waals surface area contributed by atoms with E-state index in [0.717, 1.165) is 5.76 Å². The summed E-state index contributed by atoms with van der Waals surface area (Å²) in [4.78, 5) is 4.47. The molecule has 0 aliphatic carbocycles. The van der Waals surface area contributed by atoms with Crippen molar-refractivity contribution in [3.63, 3.8) is 0 Å². The van der Waals surface area contributed by atoms with Gasteiger partial charge in [0.1, 0.15) is 12.3 Å². The molecule has 0 fully saturated rings. The van der Waals surface area contributed by atoms with Gasteiger partial charge in [-0.2, -0.15) is 4.98 Å². The Bertz CT molecular complexity index is 758. The van der Waals surface area contributed by atoms with Crippen LogP contribution < -0.4 is 0 Å². The Balaban J connectivity index is 1.72. The van der Waals surface area contributed by atoms with Crippen LogP contribution in [0.15, 0.2) is 32.5 Å². The molecular formula is C14H18N6O2S. The molecule has 3 heterocycles. The highest BCUT2D eigenvalue weighted by molar-refractivity contribution is 7.99. The predicted molar refractivity (Wildman–Crippen MR) is 82.9 cm³/mol. The highest BCUT2D eigenvalue weighted by atomic mass is 32.2. The molecule has 0 saturated heterocycles. The molecular weight excluding hydrogens is 316 g/mol. The Morgan fingerprint density at radius 1 is 1.35 bits per heavy atom. The summed E-state index contributed by atoms with van der Waals surface area (Å²) >= 11 is 1.46. The Morgan fingerprint density at radius 2 is 2.17 bits per heavy atom. The Labute approximate surface area is 137 Å². The van der Waals surface area contributed by atoms with E-state index in [1.165, 1.54) is 11.8 Å². The lowest BCUT2D eigenvalue weighted by atomic mass is 9.96. The lowest BCUT2D eigenvalue weighted by Crippen LogP contribution is -2.13. The van der Waals surface area contributed by atoms with Gasteiger partial charge in [-0.3, -0.25) is 0 Å². The van der Waals surface area contributed by atoms with Crippen LogP contribution in [0.2, 0.25) is 0 Å². The van der Waals surface area contributed by atoms with Crippen molar-refractivity contribution in [2.24, 2.45) is 0 Å². The first-order valence-electron chi connectivity index (χ1n) is 7.23. The largest absolute Gasteiger partial charge is 0.467 e. The molecule has 8 nitrogen and oxygen atoms in total. The fraction of sp³-hybridized carbons (Fsp3) is 0.500. The predicted octanol–water partition coefficient (Wildman–Crippen LogP) is 2.85. The number of tetrazole rings is 1. The van der Waals surface area contributed by atoms with Crippen LogP contribution in [0.4, 0.5) is 0 Å². The Hall–Kier alpha value is -2.16. The van der Waals surface area contributed by atoms with Crippen LogP contribution >= 0.6 is 11.8 Å². The zero-order chi connectivity index (χ0) is 16.4. The maximum atomic E-state index is 5.37. The molecule has 9 heteroatoms. The zero-order valence-corrected chi connectivity index (χ0v) is 14.2. The lowest BCUT2D eigenvalue weighted by molar-refractivity contribution is 0.364. The average Bonchev–Trinajstić information content (AvgIpc) is 3.20. The lowest BCUT2D eigenvalue weighted by Gasteiger charge is -2.11. The molecule has 3 aromatic heterocycles. The number of hydrogen-bond acceptors (Lipinski definition) is 8. The van der Waals surface area contributed by atoms with E-state index in [4.69, 9.17) is 8.94 Å². The van der Waals surface area contributed by atoms with Gasteiger partial charge < -0.3 is 8.94 Å². The van der Waals surface area contributed by atoms with Gasteiger partial charge in [0.05, 0.1) is 11.5 Å². The second-order valence-electron chi connectivity index (χ2n) is 6.16. The zero-order valence-electron chi connectivity index (χ0n) is 13.4. The highest BCUT2D eigenvalue weighted by Gasteiger charge is 2.24. The minimum Gasteiger partial charge on any atom is -0.467 e. The molecule has 0 saturated carbocycles. The SMILES string of the molecule is CC(Sc1nnnn1Cc1ccco1)c1nc(C(C)(C)C)no1. The Morgan fingerprint density at radius 3 is 2.83 bits per heavy atom. The van der Waals surface area contributed by atoms with Crippen molar-refractivity contribution in [3.05, 3.63) is 35.9 Å². The number of rotatable bonds is 5. The van der Waals surface area contributed by atoms with Crippen LogP contribution in [-0.4, -0.2) is 30.3 Å². The van der Waals surface area contributed by atoms with E-state index in [0.29, 0.717) is 23.4 Å². The van der Waals surface area contributed by atoms with E-state index in [2.05, 4.69) is 25.7 Å². The summed E-state index contributed by atoms with van der Waals surface area (Å²) < 4.78 is 12.4. The number of thioether (sulfide) groups is 1. The summed E-state index contributed by atoms with van der Waals surface area (Å²) in [6.45, 7) is 8.60. The second kappa shape index (κ2) is 6.15. The molecule has 0 N–H and O–H groups in total. The van der Waals surface area contributed by atoms with E-state index >= 15 is 0 Å². The molecule has 3 aromatic rings. The Kier molecular flexibility index (Phi) is 4.20. The number of furan rings is 1. The van der Waals surface area contributed by atoms with E-state index < -0.39 is 0 Å². The third kappa shape index (κ3) is 3.61. The molecule has 3 rings (SSSR count). The first-order chi connectivity index (χ1) is 10.9. The third-order valence-corrected chi connectivity index (χ3v) is 4.19. The van der Waals surface area contributed by atoms with Crippen LogP contribution in [0.3, 0.4) is 0 Å². The standard InChI is InChI=1S/C14H18N6O2S/c1-9(11-15-12(17-22-11)14(2,3)4)23-13-16-18-19-20(13)8-10-6-5-7-21-10/h5-7,9H,8H2,1-4H3. The van der Waals surface area contributed by atoms with E-state index in [1.807, 2.05) is 39.8 Å². The molecule has 0 spiro atoms. The first-order valence-corrected chi connectivity index (χ1v) is 8.11. The normalized spacial score (nSPS) is 13.4. The van der Waals surface area contributed by atoms with Gasteiger partial charge in [-0.1, -0.05) is 37.7 Å². The van der Waals surface area contributed by atoms with Crippen molar-refractivity contribution in [3.8, 4) is 0 Å². The van der Waals surface area contributed by atoms with Gasteiger partial charge in [0, 0.05) is 5.41 Å². The molecule has 0 aromatic carbocycles. The van der Waals surface area contributed by atoms with E-state index in [-0.39, 0.29) is 10.7 Å². The summed E-state index contributed by atoms with van der Waals surface area (Å²) in [5.41, 5.74) is -0.146. The van der Waals surface area contributed by atoms with Gasteiger partial charge in [-0.05, 0) is 29.5 Å². The molecule has 0 aliphatic heterocycles. The van der Waals surface area contributed by atoms with Crippen molar-refractivity contribution in [2.75, 3.05) is 0 Å². The third-order valence-electron chi connectivity index (χ3n) is 3.13. The highest BCUT2D eigenvalue weighted by Crippen LogP contribution is 2.33. The molecule has 0 radical (unpaired) electrons. The topological polar surface area (TPSA) is 95.7 Å². The summed E-state index contributed by atoms with van der Waals surface area (Å²) in [6, 6.07) is 3.72. The van der Waals surface area contributed by atoms with E-state index in [1.54, 1.807) is 10.9 Å². The molecule has 0 aliphatic rings. The summed E-state index contributed by atoms with van der Waals surface area (Å²) in [7, 11) is 0. The number of aromatic nitrogens is 6. The van der Waals surface area contributed by atoms with Crippen molar-refractivity contribution in [1.29, 1.82) is 0 Å². The summed E-state index contributed by atoms with van der Waals surface area (Å²) in [5, 5.41) is 16.4. The minimum absolute atomic E-state index is 0.0556. The van der Waals surface area contributed by atoms with E-state index in [9.17, 15) is 0 Å². The number of nitrogens with zero attached hydrogens (tertiary/aromatic N) is 6. The molecule has 1 atom stereocenters. The van der Waals surface area contributed by atoms with Gasteiger partial charge in [0.25, 0.3) is 0 Å². The van der Waals surface area contributed by atoms with Crippen molar-refractivity contribution >= 4 is 11.8 Å². The smallest absolute Gasteiger partial charge is 0.239 e. The van der Waals surface area contributed by atoms with Crippen molar-refractivity contribution < 1.29 is 8.94 Å². The van der Waals surface area contributed by atoms with Crippen molar-refractivity contribution in [1.82, 2.24) is 30.3 Å². The maximum absolute atomic E-state index is 5.37. The van der Waals surface area contributed by atoms with Gasteiger partial charge in [0.2, 0.25) is 11.0 Å². The second-order valence-corrected chi connectivity index (χ2v) is 7.47. The summed E-state index contributed by atoms with van der Waals surface area (Å²) in [6.07, 6.45) is 1.63. The molecule has 23 heavy (non-hydrogen) atoms. The molecule has 0 bridgehead atoms. The maximum Gasteiger partial charge on any atom is 0.239 e. The molecule has 122 valence electrons. The summed E-state index contributed by atoms with van der Waals surface area (Å²) in [5.74, 6) is 2.04. The van der Waals surface area contributed by atoms with Crippen LogP contribution in [-0.2, 0) is 12.0 Å². The first kappa shape index (κ1) is 15.7.